The van der Waals surface area contributed by atoms with E-state index in [1.165, 1.54) is 23.9 Å². The maximum absolute atomic E-state index is 12.7. The third-order valence-electron chi connectivity index (χ3n) is 5.14. The summed E-state index contributed by atoms with van der Waals surface area (Å²) in [5.41, 5.74) is 5.48. The maximum atomic E-state index is 12.7. The molecule has 0 bridgehead atoms. The van der Waals surface area contributed by atoms with Crippen molar-refractivity contribution in [3.05, 3.63) is 106 Å². The van der Waals surface area contributed by atoms with Crippen LogP contribution in [0.4, 0.5) is 27.5 Å². The van der Waals surface area contributed by atoms with Crippen molar-refractivity contribution in [3.8, 4) is 0 Å². The molecule has 4 aromatic carbocycles. The van der Waals surface area contributed by atoms with Crippen molar-refractivity contribution in [1.82, 2.24) is 0 Å². The molecular weight excluding hydrogens is 531 g/mol. The highest BCUT2D eigenvalue weighted by atomic mass is 35.5. The number of urea groups is 1. The van der Waals surface area contributed by atoms with E-state index in [0.717, 1.165) is 32.3 Å². The summed E-state index contributed by atoms with van der Waals surface area (Å²) in [6.45, 7) is 4.05. The van der Waals surface area contributed by atoms with E-state index in [1.54, 1.807) is 0 Å². The van der Waals surface area contributed by atoms with Crippen LogP contribution in [0.2, 0.25) is 10.0 Å². The number of hydrogen-bond donors (Lipinski definition) is 4. The first-order valence-electron chi connectivity index (χ1n) is 11.0. The minimum atomic E-state index is -0.314. The van der Waals surface area contributed by atoms with Gasteiger partial charge in [-0.2, -0.15) is 0 Å². The standard InChI is InChI=1S/C27H24Cl2N4OS2/c1-17-3-9-23(15-25(17)35-32-21-11-5-19(28)6-12-21)30-27(34)31-24-10-4-18(2)26(16-24)36-33-22-13-7-20(29)8-14-22/h3-16,32-33H,1-2H3,(H2,30,31,34). The number of nitrogens with one attached hydrogen (secondary N) is 4. The molecule has 0 saturated heterocycles. The second-order valence-electron chi connectivity index (χ2n) is 7.96. The molecule has 2 amide bonds. The lowest BCUT2D eigenvalue weighted by Gasteiger charge is -2.13. The van der Waals surface area contributed by atoms with E-state index in [9.17, 15) is 4.79 Å². The lowest BCUT2D eigenvalue weighted by Crippen LogP contribution is -2.19. The molecule has 4 aromatic rings. The first-order valence-corrected chi connectivity index (χ1v) is 13.4. The molecule has 4 N–H and O–H groups in total. The number of carbonyl (C=O) groups is 1. The van der Waals surface area contributed by atoms with Gasteiger partial charge in [0, 0.05) is 42.6 Å². The van der Waals surface area contributed by atoms with Gasteiger partial charge in [-0.3, -0.25) is 0 Å². The Labute approximate surface area is 229 Å². The number of benzene rings is 4. The van der Waals surface area contributed by atoms with Crippen LogP contribution in [0.15, 0.2) is 94.7 Å². The second-order valence-corrected chi connectivity index (χ2v) is 10.5. The van der Waals surface area contributed by atoms with E-state index in [0.29, 0.717) is 21.4 Å². The van der Waals surface area contributed by atoms with Gasteiger partial charge in [-0.1, -0.05) is 35.3 Å². The molecule has 0 aliphatic rings. The molecule has 36 heavy (non-hydrogen) atoms. The number of hydrogen-bond acceptors (Lipinski definition) is 5. The molecule has 0 aliphatic heterocycles. The molecular formula is C27H24Cl2N4OS2. The molecule has 0 aliphatic carbocycles. The Morgan fingerprint density at radius 2 is 0.944 bits per heavy atom. The minimum Gasteiger partial charge on any atom is -0.326 e. The van der Waals surface area contributed by atoms with Gasteiger partial charge in [0.05, 0.1) is 0 Å². The van der Waals surface area contributed by atoms with E-state index in [1.807, 2.05) is 98.8 Å². The summed E-state index contributed by atoms with van der Waals surface area (Å²) < 4.78 is 6.60. The van der Waals surface area contributed by atoms with Gasteiger partial charge in [0.25, 0.3) is 0 Å². The predicted octanol–water partition coefficient (Wildman–Crippen LogP) is 9.49. The smallest absolute Gasteiger partial charge is 0.323 e. The second kappa shape index (κ2) is 12.3. The molecule has 9 heteroatoms. The molecule has 184 valence electrons. The number of halogens is 2. The lowest BCUT2D eigenvalue weighted by molar-refractivity contribution is 0.262. The average molecular weight is 556 g/mol. The van der Waals surface area contributed by atoms with Crippen molar-refractivity contribution in [3.63, 3.8) is 0 Å². The Hall–Kier alpha value is -2.97. The number of anilines is 4. The Kier molecular flexibility index (Phi) is 8.93. The van der Waals surface area contributed by atoms with E-state index >= 15 is 0 Å². The number of aryl methyl sites for hydroxylation is 2. The predicted molar refractivity (Wildman–Crippen MR) is 157 cm³/mol. The fourth-order valence-electron chi connectivity index (χ4n) is 3.13. The number of amides is 2. The number of rotatable bonds is 8. The molecule has 0 unspecified atom stereocenters. The van der Waals surface area contributed by atoms with Crippen molar-refractivity contribution in [2.45, 2.75) is 23.6 Å². The normalized spacial score (nSPS) is 10.6. The monoisotopic (exact) mass is 554 g/mol. The van der Waals surface area contributed by atoms with E-state index in [4.69, 9.17) is 23.2 Å². The highest BCUT2D eigenvalue weighted by molar-refractivity contribution is 8.00. The van der Waals surface area contributed by atoms with Crippen LogP contribution in [0.1, 0.15) is 11.1 Å². The van der Waals surface area contributed by atoms with Gasteiger partial charge in [-0.05, 0) is 122 Å². The Morgan fingerprint density at radius 1 is 0.583 bits per heavy atom. The first-order chi connectivity index (χ1) is 17.4. The van der Waals surface area contributed by atoms with E-state index in [-0.39, 0.29) is 6.03 Å². The zero-order valence-electron chi connectivity index (χ0n) is 19.6. The van der Waals surface area contributed by atoms with Gasteiger partial charge in [0.2, 0.25) is 0 Å². The summed E-state index contributed by atoms with van der Waals surface area (Å²) in [6, 6.07) is 26.3. The molecule has 0 heterocycles. The minimum absolute atomic E-state index is 0.314. The van der Waals surface area contributed by atoms with Crippen LogP contribution in [0, 0.1) is 13.8 Å². The van der Waals surface area contributed by atoms with Crippen LogP contribution in [0.25, 0.3) is 0 Å². The summed E-state index contributed by atoms with van der Waals surface area (Å²) in [7, 11) is 0. The van der Waals surface area contributed by atoms with Crippen LogP contribution in [0.5, 0.6) is 0 Å². The van der Waals surface area contributed by atoms with Crippen molar-refractivity contribution >= 4 is 75.9 Å². The molecule has 0 aromatic heterocycles. The third-order valence-corrected chi connectivity index (χ3v) is 7.64. The van der Waals surface area contributed by atoms with Gasteiger partial charge in [-0.25, -0.2) is 4.79 Å². The van der Waals surface area contributed by atoms with Gasteiger partial charge < -0.3 is 20.1 Å². The summed E-state index contributed by atoms with van der Waals surface area (Å²) in [6.07, 6.45) is 0. The Bertz CT molecular complexity index is 1250. The van der Waals surface area contributed by atoms with Crippen LogP contribution in [-0.4, -0.2) is 6.03 Å². The number of carbonyl (C=O) groups excluding carboxylic acids is 1. The summed E-state index contributed by atoms with van der Waals surface area (Å²) >= 11 is 14.9. The van der Waals surface area contributed by atoms with Crippen LogP contribution in [0.3, 0.4) is 0 Å². The zero-order valence-corrected chi connectivity index (χ0v) is 22.7. The van der Waals surface area contributed by atoms with Crippen LogP contribution in [-0.2, 0) is 0 Å². The van der Waals surface area contributed by atoms with Gasteiger partial charge in [0.15, 0.2) is 0 Å². The maximum Gasteiger partial charge on any atom is 0.323 e. The molecule has 0 spiro atoms. The summed E-state index contributed by atoms with van der Waals surface area (Å²) in [4.78, 5) is 14.7. The zero-order chi connectivity index (χ0) is 25.5. The van der Waals surface area contributed by atoms with Crippen molar-refractivity contribution < 1.29 is 4.79 Å². The Morgan fingerprint density at radius 3 is 1.33 bits per heavy atom. The lowest BCUT2D eigenvalue weighted by atomic mass is 10.2. The van der Waals surface area contributed by atoms with E-state index in [2.05, 4.69) is 20.1 Å². The highest BCUT2D eigenvalue weighted by Crippen LogP contribution is 2.29. The van der Waals surface area contributed by atoms with Crippen LogP contribution < -0.4 is 20.1 Å². The van der Waals surface area contributed by atoms with Gasteiger partial charge in [0.1, 0.15) is 0 Å². The molecule has 4 rings (SSSR count). The third kappa shape index (κ3) is 7.51. The van der Waals surface area contributed by atoms with Crippen molar-refractivity contribution in [2.75, 3.05) is 20.1 Å². The average Bonchev–Trinajstić information content (AvgIpc) is 2.86. The first kappa shape index (κ1) is 26.1. The Balaban J connectivity index is 1.36. The van der Waals surface area contributed by atoms with E-state index < -0.39 is 0 Å². The van der Waals surface area contributed by atoms with Crippen molar-refractivity contribution in [2.24, 2.45) is 0 Å². The summed E-state index contributed by atoms with van der Waals surface area (Å²) in [5, 5.41) is 7.22. The topological polar surface area (TPSA) is 65.2 Å². The fourth-order valence-corrected chi connectivity index (χ4v) is 4.94. The molecule has 0 fully saturated rings. The quantitative estimate of drug-likeness (QED) is 0.163. The highest BCUT2D eigenvalue weighted by Gasteiger charge is 2.08. The largest absolute Gasteiger partial charge is 0.326 e. The van der Waals surface area contributed by atoms with Gasteiger partial charge in [-0.15, -0.1) is 0 Å². The molecule has 0 saturated carbocycles. The molecule has 0 radical (unpaired) electrons. The van der Waals surface area contributed by atoms with Crippen molar-refractivity contribution in [1.29, 1.82) is 0 Å². The van der Waals surface area contributed by atoms with Crippen LogP contribution >= 0.6 is 47.1 Å². The SMILES string of the molecule is Cc1ccc(NC(=O)Nc2ccc(C)c(SNc3ccc(Cl)cc3)c2)cc1SNc1ccc(Cl)cc1. The fraction of sp³-hybridized carbons (Fsp3) is 0.0741. The summed E-state index contributed by atoms with van der Waals surface area (Å²) in [5.74, 6) is 0. The molecule has 0 atom stereocenters. The van der Waals surface area contributed by atoms with Gasteiger partial charge >= 0.3 is 6.03 Å². The molecule has 5 nitrogen and oxygen atoms in total.